The molecular weight excluding hydrogens is 466 g/mol. The topological polar surface area (TPSA) is 105 Å². The van der Waals surface area contributed by atoms with Crippen LogP contribution in [0, 0.1) is 5.92 Å². The lowest BCUT2D eigenvalue weighted by Crippen LogP contribution is -2.35. The van der Waals surface area contributed by atoms with E-state index in [0.717, 1.165) is 53.8 Å². The second-order valence-corrected chi connectivity index (χ2v) is 9.15. The molecule has 5 rings (SSSR count). The predicted molar refractivity (Wildman–Crippen MR) is 144 cm³/mol. The Kier molecular flexibility index (Phi) is 7.66. The number of hydrogen-bond donors (Lipinski definition) is 3. The fourth-order valence-corrected chi connectivity index (χ4v) is 4.37. The molecule has 8 heteroatoms. The quantitative estimate of drug-likeness (QED) is 0.334. The van der Waals surface area contributed by atoms with E-state index in [-0.39, 0.29) is 18.4 Å². The monoisotopic (exact) mass is 495 g/mol. The van der Waals surface area contributed by atoms with Crippen LogP contribution in [0.1, 0.15) is 18.5 Å². The van der Waals surface area contributed by atoms with Gasteiger partial charge in [0.1, 0.15) is 0 Å². The number of hydrogen-bond acceptors (Lipinski definition) is 5. The number of nitrogens with zero attached hydrogens (tertiary/aromatic N) is 2. The van der Waals surface area contributed by atoms with Crippen molar-refractivity contribution >= 4 is 34.2 Å². The van der Waals surface area contributed by atoms with E-state index < -0.39 is 0 Å². The molecule has 2 aromatic carbocycles. The average molecular weight is 496 g/mol. The molecule has 1 aliphatic heterocycles. The maximum absolute atomic E-state index is 12.4. The molecule has 0 saturated carbocycles. The minimum atomic E-state index is -0.218. The van der Waals surface area contributed by atoms with Gasteiger partial charge in [0, 0.05) is 60.2 Å². The van der Waals surface area contributed by atoms with E-state index in [4.69, 9.17) is 4.74 Å². The fourth-order valence-electron chi connectivity index (χ4n) is 4.37. The Balaban J connectivity index is 1.22. The summed E-state index contributed by atoms with van der Waals surface area (Å²) >= 11 is 0. The van der Waals surface area contributed by atoms with Gasteiger partial charge in [-0.15, -0.1) is 0 Å². The molecule has 1 aliphatic rings. The van der Waals surface area contributed by atoms with Gasteiger partial charge in [-0.2, -0.15) is 0 Å². The van der Waals surface area contributed by atoms with Gasteiger partial charge >= 0.3 is 6.03 Å². The first-order chi connectivity index (χ1) is 18.1. The predicted octanol–water partition coefficient (Wildman–Crippen LogP) is 5.03. The summed E-state index contributed by atoms with van der Waals surface area (Å²) in [4.78, 5) is 33.6. The van der Waals surface area contributed by atoms with Crippen molar-refractivity contribution in [2.24, 2.45) is 5.92 Å². The van der Waals surface area contributed by atoms with Crippen LogP contribution < -0.4 is 16.0 Å². The summed E-state index contributed by atoms with van der Waals surface area (Å²) in [7, 11) is 0. The van der Waals surface area contributed by atoms with Crippen molar-refractivity contribution in [1.82, 2.24) is 15.3 Å². The van der Waals surface area contributed by atoms with Crippen molar-refractivity contribution in [2.75, 3.05) is 30.4 Å². The molecule has 0 radical (unpaired) electrons. The molecule has 37 heavy (non-hydrogen) atoms. The summed E-state index contributed by atoms with van der Waals surface area (Å²) in [6, 6.07) is 20.7. The molecule has 4 aromatic rings. The molecule has 0 spiro atoms. The second kappa shape index (κ2) is 11.6. The van der Waals surface area contributed by atoms with E-state index in [2.05, 4.69) is 25.9 Å². The van der Waals surface area contributed by atoms with Crippen molar-refractivity contribution in [2.45, 2.75) is 19.3 Å². The number of amides is 3. The summed E-state index contributed by atoms with van der Waals surface area (Å²) in [6.07, 6.45) is 5.64. The standard InChI is InChI=1S/C29H29N5O3/c35-28(17-24-5-1-2-11-30-24)33-25-6-3-4-21(15-25)23-14-22-7-8-26(16-27(22)31-19-23)34-29(36)32-18-20-9-12-37-13-10-20/h1-8,11,14-16,19-20H,9-10,12-13,17-18H2,(H,33,35)(H2,32,34,36). The number of urea groups is 1. The Morgan fingerprint density at radius 2 is 1.73 bits per heavy atom. The van der Waals surface area contributed by atoms with E-state index in [1.165, 1.54) is 0 Å². The van der Waals surface area contributed by atoms with E-state index in [1.54, 1.807) is 12.4 Å². The SMILES string of the molecule is O=C(Cc1ccccn1)Nc1cccc(-c2cnc3cc(NC(=O)NCC4CCOCC4)ccc3c2)c1. The second-order valence-electron chi connectivity index (χ2n) is 9.15. The Bertz CT molecular complexity index is 1390. The van der Waals surface area contributed by atoms with Gasteiger partial charge in [-0.1, -0.05) is 24.3 Å². The van der Waals surface area contributed by atoms with Gasteiger partial charge in [0.2, 0.25) is 5.91 Å². The van der Waals surface area contributed by atoms with Crippen molar-refractivity contribution < 1.29 is 14.3 Å². The van der Waals surface area contributed by atoms with Gasteiger partial charge < -0.3 is 20.7 Å². The first kappa shape index (κ1) is 24.4. The normalized spacial score (nSPS) is 13.7. The number of fused-ring (bicyclic) bond motifs is 1. The minimum Gasteiger partial charge on any atom is -0.381 e. The van der Waals surface area contributed by atoms with E-state index >= 15 is 0 Å². The minimum absolute atomic E-state index is 0.121. The molecule has 188 valence electrons. The number of nitrogens with one attached hydrogen (secondary N) is 3. The van der Waals surface area contributed by atoms with E-state index in [9.17, 15) is 9.59 Å². The Morgan fingerprint density at radius 1 is 0.865 bits per heavy atom. The van der Waals surface area contributed by atoms with Gasteiger partial charge in [0.25, 0.3) is 0 Å². The number of rotatable bonds is 7. The largest absolute Gasteiger partial charge is 0.381 e. The van der Waals surface area contributed by atoms with Crippen LogP contribution in [0.4, 0.5) is 16.2 Å². The molecule has 0 aliphatic carbocycles. The number of carbonyl (C=O) groups is 2. The van der Waals surface area contributed by atoms with Gasteiger partial charge in [0.05, 0.1) is 11.9 Å². The Labute approximate surface area is 215 Å². The lowest BCUT2D eigenvalue weighted by Gasteiger charge is -2.22. The molecule has 1 fully saturated rings. The van der Waals surface area contributed by atoms with Crippen LogP contribution in [0.25, 0.3) is 22.0 Å². The number of ether oxygens (including phenoxy) is 1. The third-order valence-corrected chi connectivity index (χ3v) is 6.38. The Morgan fingerprint density at radius 3 is 2.57 bits per heavy atom. The molecule has 1 saturated heterocycles. The highest BCUT2D eigenvalue weighted by Crippen LogP contribution is 2.26. The maximum atomic E-state index is 12.4. The van der Waals surface area contributed by atoms with Gasteiger partial charge in [0.15, 0.2) is 0 Å². The fraction of sp³-hybridized carbons (Fsp3) is 0.241. The zero-order chi connectivity index (χ0) is 25.5. The molecule has 0 bridgehead atoms. The van der Waals surface area contributed by atoms with Crippen molar-refractivity contribution in [3.05, 3.63) is 84.8 Å². The van der Waals surface area contributed by atoms with Crippen molar-refractivity contribution in [1.29, 1.82) is 0 Å². The highest BCUT2D eigenvalue weighted by atomic mass is 16.5. The molecule has 2 aromatic heterocycles. The van der Waals surface area contributed by atoms with Crippen LogP contribution >= 0.6 is 0 Å². The van der Waals surface area contributed by atoms with Crippen molar-refractivity contribution in [3.8, 4) is 11.1 Å². The number of pyridine rings is 2. The molecule has 3 heterocycles. The van der Waals surface area contributed by atoms with Crippen LogP contribution in [-0.2, 0) is 16.0 Å². The van der Waals surface area contributed by atoms with Crippen LogP contribution in [0.5, 0.6) is 0 Å². The average Bonchev–Trinajstić information content (AvgIpc) is 2.93. The highest BCUT2D eigenvalue weighted by molar-refractivity contribution is 5.94. The zero-order valence-electron chi connectivity index (χ0n) is 20.4. The van der Waals surface area contributed by atoms with Crippen molar-refractivity contribution in [3.63, 3.8) is 0 Å². The van der Waals surface area contributed by atoms with Gasteiger partial charge in [-0.3, -0.25) is 14.8 Å². The van der Waals surface area contributed by atoms with Crippen LogP contribution in [0.3, 0.4) is 0 Å². The molecule has 0 unspecified atom stereocenters. The lowest BCUT2D eigenvalue weighted by molar-refractivity contribution is -0.115. The lowest BCUT2D eigenvalue weighted by atomic mass is 10.0. The van der Waals surface area contributed by atoms with Gasteiger partial charge in [-0.05, 0) is 66.8 Å². The van der Waals surface area contributed by atoms with Gasteiger partial charge in [-0.25, -0.2) is 4.79 Å². The molecular formula is C29H29N5O3. The van der Waals surface area contributed by atoms with Crippen LogP contribution in [0.15, 0.2) is 79.1 Å². The highest BCUT2D eigenvalue weighted by Gasteiger charge is 2.15. The molecule has 3 amide bonds. The van der Waals surface area contributed by atoms with Crippen LogP contribution in [-0.4, -0.2) is 41.7 Å². The molecule has 0 atom stereocenters. The zero-order valence-corrected chi connectivity index (χ0v) is 20.4. The summed E-state index contributed by atoms with van der Waals surface area (Å²) in [5.74, 6) is 0.341. The third-order valence-electron chi connectivity index (χ3n) is 6.38. The number of anilines is 2. The summed E-state index contributed by atoms with van der Waals surface area (Å²) < 4.78 is 5.37. The summed E-state index contributed by atoms with van der Waals surface area (Å²) in [5.41, 5.74) is 4.79. The summed E-state index contributed by atoms with van der Waals surface area (Å²) in [6.45, 7) is 2.17. The number of benzene rings is 2. The maximum Gasteiger partial charge on any atom is 0.319 e. The molecule has 8 nitrogen and oxygen atoms in total. The molecule has 3 N–H and O–H groups in total. The number of aromatic nitrogens is 2. The summed E-state index contributed by atoms with van der Waals surface area (Å²) in [5, 5.41) is 9.75. The smallest absolute Gasteiger partial charge is 0.319 e. The van der Waals surface area contributed by atoms with Crippen LogP contribution in [0.2, 0.25) is 0 Å². The first-order valence-electron chi connectivity index (χ1n) is 12.4. The third kappa shape index (κ3) is 6.68. The first-order valence-corrected chi connectivity index (χ1v) is 12.4. The number of carbonyl (C=O) groups excluding carboxylic acids is 2. The Hall–Kier alpha value is -4.30. The van der Waals surface area contributed by atoms with E-state index in [0.29, 0.717) is 23.8 Å². The van der Waals surface area contributed by atoms with E-state index in [1.807, 2.05) is 66.7 Å².